The molecule has 0 aliphatic rings. The van der Waals surface area contributed by atoms with Gasteiger partial charge in [-0.05, 0) is 57.6 Å². The Morgan fingerprint density at radius 3 is 2.34 bits per heavy atom. The Morgan fingerprint density at radius 2 is 1.86 bits per heavy atom. The first-order valence-corrected chi connectivity index (χ1v) is 9.73. The summed E-state index contributed by atoms with van der Waals surface area (Å²) in [5.74, 6) is 4.24. The monoisotopic (exact) mass is 404 g/mol. The van der Waals surface area contributed by atoms with Crippen LogP contribution in [0.5, 0.6) is 0 Å². The zero-order valence-electron chi connectivity index (χ0n) is 18.4. The summed E-state index contributed by atoms with van der Waals surface area (Å²) in [6, 6.07) is 0. The third kappa shape index (κ3) is 6.97. The van der Waals surface area contributed by atoms with Crippen molar-refractivity contribution in [3.63, 3.8) is 0 Å². The van der Waals surface area contributed by atoms with E-state index in [1.54, 1.807) is 20.8 Å². The van der Waals surface area contributed by atoms with Crippen LogP contribution < -0.4 is 5.73 Å². The number of esters is 2. The molecule has 0 bridgehead atoms. The van der Waals surface area contributed by atoms with Gasteiger partial charge in [0.05, 0.1) is 18.7 Å². The number of methoxy groups -OCH3 is 1. The topological polar surface area (TPSA) is 111 Å². The van der Waals surface area contributed by atoms with Crippen LogP contribution in [-0.2, 0) is 25.5 Å². The molecule has 0 fully saturated rings. The Balaban J connectivity index is 3.29. The molecule has 2 atom stereocenters. The standard InChI is InChI=1S/C22H32N2O5/c1-8-15(20(23)26)13(2)9-11-17-14(3)16(10-12-18(25)28-7)19(24-17)21(27)29-22(4,5)6/h13,15,24H,8,10,12H2,1-7H3,(H2,23,26)/t13-,15+/m1/s1. The average Bonchev–Trinajstić information content (AvgIpc) is 2.92. The van der Waals surface area contributed by atoms with Crippen molar-refractivity contribution in [2.75, 3.05) is 7.11 Å². The van der Waals surface area contributed by atoms with Gasteiger partial charge in [-0.15, -0.1) is 0 Å². The SMILES string of the molecule is CC[C@H](C(N)=O)[C@H](C)C#Cc1[nH]c(C(=O)OC(C)(C)C)c(CCC(=O)OC)c1C. The largest absolute Gasteiger partial charge is 0.469 e. The number of nitrogens with one attached hydrogen (secondary N) is 1. The van der Waals surface area contributed by atoms with Crippen LogP contribution in [0.3, 0.4) is 0 Å². The molecule has 0 aromatic carbocycles. The van der Waals surface area contributed by atoms with Crippen molar-refractivity contribution in [1.29, 1.82) is 0 Å². The number of carbonyl (C=O) groups is 3. The van der Waals surface area contributed by atoms with Gasteiger partial charge in [0.15, 0.2) is 0 Å². The maximum atomic E-state index is 12.7. The Bertz CT molecular complexity index is 821. The fourth-order valence-corrected chi connectivity index (χ4v) is 2.99. The molecule has 0 saturated carbocycles. The molecular weight excluding hydrogens is 372 g/mol. The summed E-state index contributed by atoms with van der Waals surface area (Å²) in [4.78, 5) is 38.8. The number of aromatic nitrogens is 1. The van der Waals surface area contributed by atoms with Crippen LogP contribution in [-0.4, -0.2) is 35.5 Å². The van der Waals surface area contributed by atoms with Gasteiger partial charge in [0.2, 0.25) is 5.91 Å². The van der Waals surface area contributed by atoms with Gasteiger partial charge in [0.1, 0.15) is 11.3 Å². The molecule has 1 amide bonds. The van der Waals surface area contributed by atoms with Gasteiger partial charge in [-0.1, -0.05) is 19.8 Å². The van der Waals surface area contributed by atoms with Crippen LogP contribution in [0.2, 0.25) is 0 Å². The van der Waals surface area contributed by atoms with Crippen molar-refractivity contribution in [1.82, 2.24) is 4.98 Å². The number of hydrogen-bond donors (Lipinski definition) is 2. The fourth-order valence-electron chi connectivity index (χ4n) is 2.99. The lowest BCUT2D eigenvalue weighted by atomic mass is 9.91. The predicted octanol–water partition coefficient (Wildman–Crippen LogP) is 2.88. The molecule has 1 heterocycles. The molecule has 29 heavy (non-hydrogen) atoms. The molecule has 0 aliphatic carbocycles. The van der Waals surface area contributed by atoms with Crippen LogP contribution in [0.25, 0.3) is 0 Å². The minimum atomic E-state index is -0.661. The molecule has 0 aliphatic heterocycles. The smallest absolute Gasteiger partial charge is 0.355 e. The predicted molar refractivity (Wildman–Crippen MR) is 110 cm³/mol. The van der Waals surface area contributed by atoms with E-state index in [-0.39, 0.29) is 35.8 Å². The summed E-state index contributed by atoms with van der Waals surface area (Å²) in [5.41, 5.74) is 7.04. The number of aromatic amines is 1. The first kappa shape index (κ1) is 24.3. The second kappa shape index (κ2) is 10.1. The molecule has 7 heteroatoms. The molecule has 0 spiro atoms. The van der Waals surface area contributed by atoms with Crippen LogP contribution >= 0.6 is 0 Å². The zero-order valence-corrected chi connectivity index (χ0v) is 18.4. The van der Waals surface area contributed by atoms with E-state index in [0.29, 0.717) is 24.1 Å². The Hall–Kier alpha value is -2.75. The lowest BCUT2D eigenvalue weighted by Crippen LogP contribution is -2.27. The van der Waals surface area contributed by atoms with Crippen molar-refractivity contribution < 1.29 is 23.9 Å². The minimum Gasteiger partial charge on any atom is -0.469 e. The molecule has 1 aromatic rings. The van der Waals surface area contributed by atoms with E-state index in [1.807, 2.05) is 20.8 Å². The molecule has 0 saturated heterocycles. The van der Waals surface area contributed by atoms with Crippen LogP contribution in [0.15, 0.2) is 0 Å². The quantitative estimate of drug-likeness (QED) is 0.536. The van der Waals surface area contributed by atoms with Crippen molar-refractivity contribution >= 4 is 17.8 Å². The first-order chi connectivity index (χ1) is 13.4. The van der Waals surface area contributed by atoms with E-state index in [9.17, 15) is 14.4 Å². The molecule has 160 valence electrons. The van der Waals surface area contributed by atoms with Gasteiger partial charge in [0.25, 0.3) is 0 Å². The number of rotatable bonds is 7. The highest BCUT2D eigenvalue weighted by Crippen LogP contribution is 2.23. The number of ether oxygens (including phenoxy) is 2. The lowest BCUT2D eigenvalue weighted by Gasteiger charge is -2.19. The molecule has 3 N–H and O–H groups in total. The summed E-state index contributed by atoms with van der Waals surface area (Å²) in [7, 11) is 1.32. The van der Waals surface area contributed by atoms with E-state index in [4.69, 9.17) is 15.2 Å². The zero-order chi connectivity index (χ0) is 22.4. The first-order valence-electron chi connectivity index (χ1n) is 9.73. The van der Waals surface area contributed by atoms with Crippen LogP contribution in [0, 0.1) is 30.6 Å². The van der Waals surface area contributed by atoms with Gasteiger partial charge >= 0.3 is 11.9 Å². The van der Waals surface area contributed by atoms with Gasteiger partial charge in [-0.25, -0.2) is 4.79 Å². The number of amides is 1. The fraction of sp³-hybridized carbons (Fsp3) is 0.591. The van der Waals surface area contributed by atoms with Gasteiger partial charge in [-0.2, -0.15) is 0 Å². The lowest BCUT2D eigenvalue weighted by molar-refractivity contribution is -0.140. The number of hydrogen-bond acceptors (Lipinski definition) is 5. The summed E-state index contributed by atoms with van der Waals surface area (Å²) in [6.45, 7) is 10.9. The highest BCUT2D eigenvalue weighted by molar-refractivity contribution is 5.90. The third-order valence-corrected chi connectivity index (χ3v) is 4.62. The third-order valence-electron chi connectivity index (χ3n) is 4.62. The van der Waals surface area contributed by atoms with E-state index in [1.165, 1.54) is 7.11 Å². The van der Waals surface area contributed by atoms with E-state index in [0.717, 1.165) is 5.56 Å². The van der Waals surface area contributed by atoms with Gasteiger partial charge in [0, 0.05) is 12.3 Å². The summed E-state index contributed by atoms with van der Waals surface area (Å²) in [5, 5.41) is 0. The second-order valence-corrected chi connectivity index (χ2v) is 8.03. The Kier molecular flexibility index (Phi) is 8.50. The number of carbonyl (C=O) groups excluding carboxylic acids is 3. The highest BCUT2D eigenvalue weighted by Gasteiger charge is 2.25. The number of H-pyrrole nitrogens is 1. The Morgan fingerprint density at radius 1 is 1.24 bits per heavy atom. The van der Waals surface area contributed by atoms with Crippen molar-refractivity contribution in [3.8, 4) is 11.8 Å². The van der Waals surface area contributed by atoms with Crippen LogP contribution in [0.1, 0.15) is 74.8 Å². The Labute approximate surface area is 172 Å². The summed E-state index contributed by atoms with van der Waals surface area (Å²) < 4.78 is 10.2. The van der Waals surface area contributed by atoms with Crippen molar-refractivity contribution in [2.45, 2.75) is 66.4 Å². The van der Waals surface area contributed by atoms with Gasteiger partial charge in [-0.3, -0.25) is 9.59 Å². The van der Waals surface area contributed by atoms with E-state index < -0.39 is 11.6 Å². The summed E-state index contributed by atoms with van der Waals surface area (Å²) in [6.07, 6.45) is 1.05. The van der Waals surface area contributed by atoms with Crippen LogP contribution in [0.4, 0.5) is 0 Å². The molecule has 0 unspecified atom stereocenters. The molecule has 1 rings (SSSR count). The normalized spacial score (nSPS) is 13.1. The van der Waals surface area contributed by atoms with E-state index in [2.05, 4.69) is 16.8 Å². The molecule has 7 nitrogen and oxygen atoms in total. The average molecular weight is 405 g/mol. The maximum absolute atomic E-state index is 12.7. The number of nitrogens with two attached hydrogens (primary N) is 1. The van der Waals surface area contributed by atoms with Crippen molar-refractivity contribution in [2.24, 2.45) is 17.6 Å². The second-order valence-electron chi connectivity index (χ2n) is 8.03. The molecule has 0 radical (unpaired) electrons. The highest BCUT2D eigenvalue weighted by atomic mass is 16.6. The van der Waals surface area contributed by atoms with Crippen molar-refractivity contribution in [3.05, 3.63) is 22.5 Å². The summed E-state index contributed by atoms with van der Waals surface area (Å²) >= 11 is 0. The minimum absolute atomic E-state index is 0.133. The number of primary amides is 1. The molecule has 1 aromatic heterocycles. The van der Waals surface area contributed by atoms with E-state index >= 15 is 0 Å². The van der Waals surface area contributed by atoms with Gasteiger partial charge < -0.3 is 20.2 Å². The molecular formula is C22H32N2O5. The maximum Gasteiger partial charge on any atom is 0.355 e.